The van der Waals surface area contributed by atoms with Crippen LogP contribution < -0.4 is 0 Å². The standard InChI is InChI=1S/C17H12F3.C9H13.2CH3.2ClH.Si.Zr/c1-11-9-13-3-2-4-15(16(13)10-11)12-5-7-14(8-6-12)17(18,19)20;1-6-5-7(2)9(4)8(6)3;;;;;;/h2-10H,1H3;6H,1-4H3;2*1H3;2*1H;;/q4*-1;;;;. The average molecular weight is 617 g/mol. The molecule has 2 radical (unpaired) electrons. The van der Waals surface area contributed by atoms with Gasteiger partial charge in [0.1, 0.15) is 0 Å². The molecule has 0 saturated heterocycles. The predicted octanol–water partition coefficient (Wildman–Crippen LogP) is 9.64. The van der Waals surface area contributed by atoms with Crippen molar-refractivity contribution in [2.24, 2.45) is 5.92 Å². The molecule has 0 heterocycles. The summed E-state index contributed by atoms with van der Waals surface area (Å²) in [4.78, 5) is 0. The van der Waals surface area contributed by atoms with Gasteiger partial charge in [0.25, 0.3) is 0 Å². The Hall–Kier alpha value is -1.000. The molecule has 4 rings (SSSR count). The van der Waals surface area contributed by atoms with Crippen molar-refractivity contribution in [2.75, 3.05) is 0 Å². The van der Waals surface area contributed by atoms with E-state index in [0.717, 1.165) is 39.6 Å². The molecule has 0 amide bonds. The van der Waals surface area contributed by atoms with Crippen molar-refractivity contribution >= 4 is 42.5 Å². The minimum absolute atomic E-state index is 0. The molecule has 3 aromatic rings. The van der Waals surface area contributed by atoms with Crippen LogP contribution in [0.5, 0.6) is 0 Å². The Morgan fingerprint density at radius 1 is 0.914 bits per heavy atom. The van der Waals surface area contributed by atoms with Crippen molar-refractivity contribution in [3.05, 3.63) is 103 Å². The second kappa shape index (κ2) is 16.7. The van der Waals surface area contributed by atoms with Crippen molar-refractivity contribution in [3.63, 3.8) is 0 Å². The summed E-state index contributed by atoms with van der Waals surface area (Å²) in [5.41, 5.74) is 6.54. The number of allylic oxidation sites excluding steroid dienone is 4. The van der Waals surface area contributed by atoms with Gasteiger partial charge in [-0.25, -0.2) is 5.57 Å². The third-order valence-corrected chi connectivity index (χ3v) is 5.65. The molecule has 35 heavy (non-hydrogen) atoms. The molecular formula is C28H33Cl2F3SiZr-4. The quantitative estimate of drug-likeness (QED) is 0.189. The summed E-state index contributed by atoms with van der Waals surface area (Å²) in [6, 6.07) is 15.3. The Bertz CT molecular complexity index is 1110. The van der Waals surface area contributed by atoms with Crippen LogP contribution in [0.15, 0.2) is 71.3 Å². The van der Waals surface area contributed by atoms with Gasteiger partial charge < -0.3 is 14.9 Å². The summed E-state index contributed by atoms with van der Waals surface area (Å²) < 4.78 is 37.7. The normalized spacial score (nSPS) is 13.9. The van der Waals surface area contributed by atoms with Gasteiger partial charge in [-0.1, -0.05) is 57.4 Å². The third-order valence-electron chi connectivity index (χ3n) is 5.65. The van der Waals surface area contributed by atoms with Gasteiger partial charge >= 0.3 is 36.4 Å². The zero-order valence-electron chi connectivity index (χ0n) is 21.2. The van der Waals surface area contributed by atoms with Crippen LogP contribution in [0.2, 0.25) is 0 Å². The van der Waals surface area contributed by atoms with Gasteiger partial charge in [-0.2, -0.15) is 30.4 Å². The summed E-state index contributed by atoms with van der Waals surface area (Å²) in [6.45, 7) is 13.7. The van der Waals surface area contributed by atoms with Crippen molar-refractivity contribution in [3.8, 4) is 11.1 Å². The van der Waals surface area contributed by atoms with E-state index in [1.54, 1.807) is 0 Å². The van der Waals surface area contributed by atoms with Gasteiger partial charge in [0.15, 0.2) is 0 Å². The summed E-state index contributed by atoms with van der Waals surface area (Å²) in [6.07, 6.45) is -0.931. The fraction of sp³-hybridized carbons (Fsp3) is 0.250. The van der Waals surface area contributed by atoms with E-state index in [1.165, 1.54) is 52.2 Å². The number of fused-ring (bicyclic) bond motifs is 1. The zero-order valence-corrected chi connectivity index (χ0v) is 26.3. The molecule has 0 spiro atoms. The number of benzene rings is 2. The van der Waals surface area contributed by atoms with Gasteiger partial charge in [-0.05, 0) is 17.7 Å². The first-order chi connectivity index (χ1) is 14.6. The van der Waals surface area contributed by atoms with Gasteiger partial charge in [-0.15, -0.1) is 66.3 Å². The summed E-state index contributed by atoms with van der Waals surface area (Å²) in [5.74, 6) is 0.560. The van der Waals surface area contributed by atoms with E-state index in [0.29, 0.717) is 5.92 Å². The van der Waals surface area contributed by atoms with Gasteiger partial charge in [0.2, 0.25) is 0 Å². The molecule has 0 N–H and O–H groups in total. The summed E-state index contributed by atoms with van der Waals surface area (Å²) >= 11 is 1.36. The van der Waals surface area contributed by atoms with Crippen molar-refractivity contribution in [1.29, 1.82) is 0 Å². The number of alkyl halides is 3. The molecule has 1 atom stereocenters. The minimum atomic E-state index is -4.29. The van der Waals surface area contributed by atoms with E-state index in [1.807, 2.05) is 25.1 Å². The number of hydrogen-bond acceptors (Lipinski definition) is 0. The van der Waals surface area contributed by atoms with E-state index in [9.17, 15) is 13.2 Å². The predicted molar refractivity (Wildman–Crippen MR) is 148 cm³/mol. The Morgan fingerprint density at radius 3 is 1.86 bits per heavy atom. The first-order valence-corrected chi connectivity index (χ1v) is 14.1. The van der Waals surface area contributed by atoms with Crippen LogP contribution in [0.25, 0.3) is 21.9 Å². The second-order valence-electron chi connectivity index (χ2n) is 7.72. The molecule has 0 saturated carbocycles. The maximum absolute atomic E-state index is 12.6. The molecule has 1 aliphatic rings. The first-order valence-electron chi connectivity index (χ1n) is 9.94. The molecule has 0 fully saturated rings. The fourth-order valence-corrected chi connectivity index (χ4v) is 3.64. The monoisotopic (exact) mass is 614 g/mol. The molecule has 7 heteroatoms. The molecule has 3 aromatic carbocycles. The van der Waals surface area contributed by atoms with Crippen LogP contribution in [0.3, 0.4) is 0 Å². The number of rotatable bonds is 1. The Labute approximate surface area is 238 Å². The molecule has 192 valence electrons. The van der Waals surface area contributed by atoms with E-state index < -0.39 is 11.7 Å². The second-order valence-corrected chi connectivity index (χ2v) is 7.72. The molecule has 1 unspecified atom stereocenters. The topological polar surface area (TPSA) is 0 Å². The SMILES string of the molecule is CC1=[C-]C(C)C(C)=C1C.Cc1cc2c(-c3ccc(C(F)(F)F)cc3)cccc2[cH-]1.Cl.Cl.[CH3-].[CH3-].[Si]=[Zr]. The van der Waals surface area contributed by atoms with Gasteiger partial charge in [-0.3, -0.25) is 6.08 Å². The Kier molecular flexibility index (Phi) is 18.4. The Morgan fingerprint density at radius 2 is 1.46 bits per heavy atom. The van der Waals surface area contributed by atoms with Crippen LogP contribution in [0.4, 0.5) is 13.2 Å². The average Bonchev–Trinajstić information content (AvgIpc) is 3.23. The molecule has 0 nitrogen and oxygen atoms in total. The van der Waals surface area contributed by atoms with E-state index in [-0.39, 0.29) is 39.7 Å². The molecule has 0 bridgehead atoms. The third kappa shape index (κ3) is 9.76. The van der Waals surface area contributed by atoms with E-state index >= 15 is 0 Å². The number of hydrogen-bond donors (Lipinski definition) is 0. The fourth-order valence-electron chi connectivity index (χ4n) is 3.64. The Balaban J connectivity index is -0.000000590. The van der Waals surface area contributed by atoms with Crippen molar-refractivity contribution in [1.82, 2.24) is 0 Å². The van der Waals surface area contributed by atoms with E-state index in [4.69, 9.17) is 0 Å². The summed E-state index contributed by atoms with van der Waals surface area (Å²) in [7, 11) is 0. The summed E-state index contributed by atoms with van der Waals surface area (Å²) in [5, 5.41) is 2.18. The van der Waals surface area contributed by atoms with Crippen LogP contribution in [0.1, 0.15) is 38.8 Å². The molecular weight excluding hydrogens is 584 g/mol. The first kappa shape index (κ1) is 38.5. The molecule has 0 aromatic heterocycles. The number of halogens is 5. The van der Waals surface area contributed by atoms with Crippen LogP contribution >= 0.6 is 24.8 Å². The number of aryl methyl sites for hydroxylation is 1. The molecule has 1 aliphatic carbocycles. The molecule has 0 aliphatic heterocycles. The van der Waals surface area contributed by atoms with Crippen LogP contribution in [0, 0.1) is 33.8 Å². The van der Waals surface area contributed by atoms with E-state index in [2.05, 4.69) is 52.8 Å². The van der Waals surface area contributed by atoms with Crippen LogP contribution in [-0.2, 0) is 29.5 Å². The zero-order chi connectivity index (χ0) is 23.3. The van der Waals surface area contributed by atoms with Crippen LogP contribution in [-0.4, -0.2) is 6.88 Å². The van der Waals surface area contributed by atoms with Gasteiger partial charge in [0.05, 0.1) is 5.56 Å². The van der Waals surface area contributed by atoms with Gasteiger partial charge in [0, 0.05) is 0 Å². The maximum atomic E-state index is 12.6. The van der Waals surface area contributed by atoms with Crippen molar-refractivity contribution in [2.45, 2.75) is 40.8 Å². The van der Waals surface area contributed by atoms with Crippen molar-refractivity contribution < 1.29 is 36.5 Å².